The Morgan fingerprint density at radius 2 is 1.92 bits per heavy atom. The molecular formula is C18H19Cl2NO3. The van der Waals surface area contributed by atoms with Crippen LogP contribution in [0.15, 0.2) is 27.4 Å². The Kier molecular flexibility index (Phi) is 5.16. The number of amides is 1. The van der Waals surface area contributed by atoms with Gasteiger partial charge in [0.05, 0.1) is 10.4 Å². The molecule has 1 aliphatic carbocycles. The fourth-order valence-electron chi connectivity index (χ4n) is 3.33. The summed E-state index contributed by atoms with van der Waals surface area (Å²) in [5.41, 5.74) is -0.153. The van der Waals surface area contributed by atoms with Crippen LogP contribution in [0.4, 0.5) is 0 Å². The molecule has 6 heteroatoms. The zero-order valence-electron chi connectivity index (χ0n) is 13.4. The van der Waals surface area contributed by atoms with E-state index in [2.05, 4.69) is 5.32 Å². The Bertz CT molecular complexity index is 825. The first kappa shape index (κ1) is 17.3. The van der Waals surface area contributed by atoms with Gasteiger partial charge < -0.3 is 9.73 Å². The van der Waals surface area contributed by atoms with E-state index in [1.165, 1.54) is 37.5 Å². The largest absolute Gasteiger partial charge is 0.449 e. The maximum Gasteiger partial charge on any atom is 0.287 e. The molecule has 1 saturated carbocycles. The molecule has 1 heterocycles. The predicted molar refractivity (Wildman–Crippen MR) is 96.0 cm³/mol. The van der Waals surface area contributed by atoms with E-state index < -0.39 is 5.91 Å². The topological polar surface area (TPSA) is 59.3 Å². The zero-order valence-corrected chi connectivity index (χ0v) is 14.9. The molecule has 1 amide bonds. The van der Waals surface area contributed by atoms with Crippen molar-refractivity contribution in [2.75, 3.05) is 0 Å². The average molecular weight is 368 g/mol. The first-order valence-electron chi connectivity index (χ1n) is 8.19. The van der Waals surface area contributed by atoms with Gasteiger partial charge in [-0.15, -0.1) is 0 Å². The van der Waals surface area contributed by atoms with E-state index in [1.807, 2.05) is 6.92 Å². The second-order valence-corrected chi connectivity index (χ2v) is 7.24. The van der Waals surface area contributed by atoms with Crippen LogP contribution in [0.2, 0.25) is 10.0 Å². The van der Waals surface area contributed by atoms with E-state index in [1.54, 1.807) is 0 Å². The van der Waals surface area contributed by atoms with E-state index in [-0.39, 0.29) is 33.2 Å². The summed E-state index contributed by atoms with van der Waals surface area (Å²) >= 11 is 12.0. The molecule has 3 rings (SSSR count). The molecule has 2 aromatic rings. The van der Waals surface area contributed by atoms with Gasteiger partial charge in [-0.3, -0.25) is 9.59 Å². The first-order valence-corrected chi connectivity index (χ1v) is 8.95. The normalized spacial score (nSPS) is 17.0. The Labute approximate surface area is 150 Å². The van der Waals surface area contributed by atoms with E-state index in [9.17, 15) is 9.59 Å². The molecule has 0 saturated heterocycles. The summed E-state index contributed by atoms with van der Waals surface area (Å²) in [6, 6.07) is 4.21. The van der Waals surface area contributed by atoms with Crippen LogP contribution in [-0.2, 0) is 0 Å². The highest BCUT2D eigenvalue weighted by atomic mass is 35.5. The van der Waals surface area contributed by atoms with Crippen molar-refractivity contribution in [1.29, 1.82) is 0 Å². The molecule has 1 atom stereocenters. The molecule has 0 radical (unpaired) electrons. The fourth-order valence-corrected chi connectivity index (χ4v) is 3.86. The molecular weight excluding hydrogens is 349 g/mol. The highest BCUT2D eigenvalue weighted by Gasteiger charge is 2.23. The number of fused-ring (bicyclic) bond motifs is 1. The number of halogens is 2. The maximum atomic E-state index is 12.5. The van der Waals surface area contributed by atoms with Gasteiger partial charge >= 0.3 is 0 Å². The van der Waals surface area contributed by atoms with Gasteiger partial charge in [0.1, 0.15) is 0 Å². The highest BCUT2D eigenvalue weighted by Crippen LogP contribution is 2.28. The monoisotopic (exact) mass is 367 g/mol. The molecule has 1 aromatic carbocycles. The Hall–Kier alpha value is -1.52. The van der Waals surface area contributed by atoms with Crippen LogP contribution in [0.25, 0.3) is 11.0 Å². The summed E-state index contributed by atoms with van der Waals surface area (Å²) in [6.07, 6.45) is 5.90. The summed E-state index contributed by atoms with van der Waals surface area (Å²) in [4.78, 5) is 24.7. The quantitative estimate of drug-likeness (QED) is 0.847. The average Bonchev–Trinajstić information content (AvgIpc) is 2.56. The van der Waals surface area contributed by atoms with Crippen LogP contribution in [0.1, 0.15) is 49.6 Å². The van der Waals surface area contributed by atoms with E-state index in [0.29, 0.717) is 10.9 Å². The third kappa shape index (κ3) is 3.60. The summed E-state index contributed by atoms with van der Waals surface area (Å²) in [6.45, 7) is 2.00. The molecule has 1 aliphatic rings. The van der Waals surface area contributed by atoms with Crippen LogP contribution < -0.4 is 10.7 Å². The van der Waals surface area contributed by atoms with Crippen LogP contribution in [-0.4, -0.2) is 11.9 Å². The van der Waals surface area contributed by atoms with Crippen LogP contribution in [0.3, 0.4) is 0 Å². The van der Waals surface area contributed by atoms with Gasteiger partial charge in [-0.2, -0.15) is 0 Å². The summed E-state index contributed by atoms with van der Waals surface area (Å²) in [5, 5.41) is 3.78. The van der Waals surface area contributed by atoms with Crippen molar-refractivity contribution in [2.24, 2.45) is 5.92 Å². The van der Waals surface area contributed by atoms with Gasteiger partial charge in [0, 0.05) is 17.1 Å². The van der Waals surface area contributed by atoms with Gasteiger partial charge in [0.2, 0.25) is 0 Å². The van der Waals surface area contributed by atoms with Crippen molar-refractivity contribution in [3.63, 3.8) is 0 Å². The molecule has 1 aromatic heterocycles. The van der Waals surface area contributed by atoms with Crippen LogP contribution >= 0.6 is 23.2 Å². The Morgan fingerprint density at radius 1 is 1.21 bits per heavy atom. The maximum absolute atomic E-state index is 12.5. The molecule has 1 fully saturated rings. The van der Waals surface area contributed by atoms with Gasteiger partial charge in [-0.25, -0.2) is 0 Å². The van der Waals surface area contributed by atoms with Gasteiger partial charge in [-0.1, -0.05) is 42.5 Å². The van der Waals surface area contributed by atoms with Gasteiger partial charge in [-0.05, 0) is 37.8 Å². The van der Waals surface area contributed by atoms with Crippen molar-refractivity contribution in [3.05, 3.63) is 44.2 Å². The lowest BCUT2D eigenvalue weighted by atomic mass is 9.84. The van der Waals surface area contributed by atoms with E-state index in [0.717, 1.165) is 12.8 Å². The third-order valence-corrected chi connectivity index (χ3v) is 5.19. The Balaban J connectivity index is 1.86. The second kappa shape index (κ2) is 7.16. The van der Waals surface area contributed by atoms with Crippen molar-refractivity contribution in [3.8, 4) is 0 Å². The number of carbonyl (C=O) groups excluding carboxylic acids is 1. The number of carbonyl (C=O) groups is 1. The van der Waals surface area contributed by atoms with Gasteiger partial charge in [0.15, 0.2) is 16.8 Å². The fraction of sp³-hybridized carbons (Fsp3) is 0.444. The lowest BCUT2D eigenvalue weighted by Gasteiger charge is -2.28. The van der Waals surface area contributed by atoms with Crippen LogP contribution in [0, 0.1) is 5.92 Å². The number of hydrogen-bond donors (Lipinski definition) is 1. The summed E-state index contributed by atoms with van der Waals surface area (Å²) in [7, 11) is 0. The highest BCUT2D eigenvalue weighted by molar-refractivity contribution is 6.38. The summed E-state index contributed by atoms with van der Waals surface area (Å²) < 4.78 is 5.58. The van der Waals surface area contributed by atoms with Crippen molar-refractivity contribution in [1.82, 2.24) is 5.32 Å². The molecule has 0 unspecified atom stereocenters. The standard InChI is InChI=1S/C18H19Cl2NO3/c1-10(11-5-3-2-4-6-11)21-18(23)16-9-15(22)13-7-12(19)8-14(20)17(13)24-16/h7-11H,2-6H2,1H3,(H,21,23)/t10-/m0/s1. The minimum Gasteiger partial charge on any atom is -0.449 e. The predicted octanol–water partition coefficient (Wildman–Crippen LogP) is 4.80. The van der Waals surface area contributed by atoms with E-state index >= 15 is 0 Å². The number of hydrogen-bond acceptors (Lipinski definition) is 3. The van der Waals surface area contributed by atoms with Crippen molar-refractivity contribution in [2.45, 2.75) is 45.1 Å². The second-order valence-electron chi connectivity index (χ2n) is 6.40. The third-order valence-electron chi connectivity index (χ3n) is 4.69. The lowest BCUT2D eigenvalue weighted by molar-refractivity contribution is 0.0891. The lowest BCUT2D eigenvalue weighted by Crippen LogP contribution is -2.39. The summed E-state index contributed by atoms with van der Waals surface area (Å²) in [5.74, 6) is 0.0507. The SMILES string of the molecule is C[C@H](NC(=O)c1cc(=O)c2cc(Cl)cc(Cl)c2o1)C1CCCCC1. The van der Waals surface area contributed by atoms with Crippen LogP contribution in [0.5, 0.6) is 0 Å². The smallest absolute Gasteiger partial charge is 0.287 e. The first-order chi connectivity index (χ1) is 11.5. The molecule has 0 bridgehead atoms. The minimum atomic E-state index is -0.391. The Morgan fingerprint density at radius 3 is 2.62 bits per heavy atom. The van der Waals surface area contributed by atoms with E-state index in [4.69, 9.17) is 27.6 Å². The number of nitrogens with one attached hydrogen (secondary N) is 1. The number of benzene rings is 1. The molecule has 1 N–H and O–H groups in total. The van der Waals surface area contributed by atoms with Crippen molar-refractivity contribution < 1.29 is 9.21 Å². The minimum absolute atomic E-state index is 0.0284. The molecule has 128 valence electrons. The molecule has 4 nitrogen and oxygen atoms in total. The zero-order chi connectivity index (χ0) is 17.3. The molecule has 0 spiro atoms. The van der Waals surface area contributed by atoms with Crippen molar-refractivity contribution >= 4 is 40.1 Å². The molecule has 0 aliphatic heterocycles. The molecule has 24 heavy (non-hydrogen) atoms. The van der Waals surface area contributed by atoms with Gasteiger partial charge in [0.25, 0.3) is 5.91 Å². The number of rotatable bonds is 3.